The monoisotopic (exact) mass is 215 g/mol. The topological polar surface area (TPSA) is 71.2 Å². The van der Waals surface area contributed by atoms with Crippen molar-refractivity contribution in [1.29, 1.82) is 0 Å². The van der Waals surface area contributed by atoms with Crippen LogP contribution in [0.1, 0.15) is 25.3 Å². The molecule has 0 amide bonds. The summed E-state index contributed by atoms with van der Waals surface area (Å²) in [6, 6.07) is 0. The molecule has 0 saturated carbocycles. The molecule has 0 bridgehead atoms. The highest BCUT2D eigenvalue weighted by Crippen LogP contribution is 2.24. The number of aliphatic hydroxyl groups is 1. The van der Waals surface area contributed by atoms with Gasteiger partial charge in [-0.15, -0.1) is 0 Å². The van der Waals surface area contributed by atoms with Crippen LogP contribution in [0.2, 0.25) is 0 Å². The van der Waals surface area contributed by atoms with E-state index in [4.69, 9.17) is 10.8 Å². The van der Waals surface area contributed by atoms with Crippen molar-refractivity contribution < 1.29 is 5.11 Å². The van der Waals surface area contributed by atoms with Gasteiger partial charge in [-0.25, -0.2) is 0 Å². The number of nitrogens with zero attached hydrogens (tertiary/aromatic N) is 1. The van der Waals surface area contributed by atoms with Crippen molar-refractivity contribution in [2.24, 2.45) is 0 Å². The molecule has 1 aromatic rings. The molecule has 0 radical (unpaired) electrons. The van der Waals surface area contributed by atoms with Crippen molar-refractivity contribution in [3.63, 3.8) is 0 Å². The first-order valence-corrected chi connectivity index (χ1v) is 5.52. The maximum Gasteiger partial charge on any atom is 0.142 e. The molecule has 0 aliphatic heterocycles. The highest BCUT2D eigenvalue weighted by molar-refractivity contribution is 7.10. The molecule has 0 spiro atoms. The average Bonchev–Trinajstić information content (AvgIpc) is 2.43. The fraction of sp³-hybridized carbons (Fsp3) is 0.667. The third-order valence-electron chi connectivity index (χ3n) is 2.04. The highest BCUT2D eigenvalue weighted by atomic mass is 32.1. The summed E-state index contributed by atoms with van der Waals surface area (Å²) >= 11 is 1.39. The zero-order valence-corrected chi connectivity index (χ0v) is 9.40. The fourth-order valence-electron chi connectivity index (χ4n) is 1.11. The molecule has 1 aromatic heterocycles. The van der Waals surface area contributed by atoms with Gasteiger partial charge in [0.25, 0.3) is 0 Å². The quantitative estimate of drug-likeness (QED) is 0.652. The first-order valence-electron chi connectivity index (χ1n) is 4.75. The van der Waals surface area contributed by atoms with Crippen LogP contribution in [0.15, 0.2) is 0 Å². The zero-order valence-electron chi connectivity index (χ0n) is 8.58. The normalized spacial score (nSPS) is 12.8. The van der Waals surface area contributed by atoms with Crippen molar-refractivity contribution in [2.75, 3.05) is 17.6 Å². The fourth-order valence-corrected chi connectivity index (χ4v) is 1.85. The Morgan fingerprint density at radius 1 is 1.64 bits per heavy atom. The lowest BCUT2D eigenvalue weighted by Gasteiger charge is -2.05. The molecule has 5 heteroatoms. The Morgan fingerprint density at radius 3 is 2.86 bits per heavy atom. The zero-order chi connectivity index (χ0) is 10.6. The van der Waals surface area contributed by atoms with Crippen LogP contribution in [0.25, 0.3) is 0 Å². The van der Waals surface area contributed by atoms with Gasteiger partial charge in [-0.1, -0.05) is 0 Å². The van der Waals surface area contributed by atoms with E-state index in [1.165, 1.54) is 11.5 Å². The minimum Gasteiger partial charge on any atom is -0.393 e. The molecule has 0 aliphatic carbocycles. The molecule has 80 valence electrons. The lowest BCUT2D eigenvalue weighted by atomic mass is 10.2. The van der Waals surface area contributed by atoms with Gasteiger partial charge in [0.1, 0.15) is 10.8 Å². The first kappa shape index (κ1) is 11.3. The molecule has 1 unspecified atom stereocenters. The largest absolute Gasteiger partial charge is 0.393 e. The van der Waals surface area contributed by atoms with E-state index in [9.17, 15) is 0 Å². The summed E-state index contributed by atoms with van der Waals surface area (Å²) in [5, 5.41) is 13.3. The van der Waals surface area contributed by atoms with Gasteiger partial charge in [-0.05, 0) is 38.2 Å². The second-order valence-electron chi connectivity index (χ2n) is 3.44. The van der Waals surface area contributed by atoms with Crippen LogP contribution >= 0.6 is 11.5 Å². The average molecular weight is 215 g/mol. The van der Waals surface area contributed by atoms with E-state index in [1.54, 1.807) is 6.92 Å². The number of aromatic nitrogens is 1. The lowest BCUT2D eigenvalue weighted by molar-refractivity contribution is 0.183. The minimum atomic E-state index is -0.218. The Bertz CT molecular complexity index is 286. The number of hydrogen-bond acceptors (Lipinski definition) is 5. The summed E-state index contributed by atoms with van der Waals surface area (Å²) in [7, 11) is 0. The molecule has 0 aliphatic rings. The second kappa shape index (κ2) is 5.17. The van der Waals surface area contributed by atoms with Gasteiger partial charge < -0.3 is 16.2 Å². The first-order chi connectivity index (χ1) is 6.61. The van der Waals surface area contributed by atoms with Crippen molar-refractivity contribution in [3.8, 4) is 0 Å². The van der Waals surface area contributed by atoms with Crippen LogP contribution in [-0.4, -0.2) is 22.1 Å². The molecule has 0 saturated heterocycles. The highest BCUT2D eigenvalue weighted by Gasteiger charge is 2.05. The summed E-state index contributed by atoms with van der Waals surface area (Å²) < 4.78 is 4.04. The molecule has 4 N–H and O–H groups in total. The number of anilines is 2. The molecule has 14 heavy (non-hydrogen) atoms. The standard InChI is InChI=1S/C9H17N3OS/c1-6(13)4-3-5-11-9-7(2)8(10)12-14-9/h6,11,13H,3-5H2,1-2H3,(H2,10,12). The summed E-state index contributed by atoms with van der Waals surface area (Å²) in [5.41, 5.74) is 6.63. The summed E-state index contributed by atoms with van der Waals surface area (Å²) in [5.74, 6) is 0.605. The van der Waals surface area contributed by atoms with Crippen LogP contribution in [0, 0.1) is 6.92 Å². The van der Waals surface area contributed by atoms with Crippen LogP contribution in [-0.2, 0) is 0 Å². The third-order valence-corrected chi connectivity index (χ3v) is 2.97. The van der Waals surface area contributed by atoms with Crippen molar-refractivity contribution in [1.82, 2.24) is 4.37 Å². The van der Waals surface area contributed by atoms with E-state index in [1.807, 2.05) is 6.92 Å². The second-order valence-corrected chi connectivity index (χ2v) is 4.21. The molecule has 0 aromatic carbocycles. The van der Waals surface area contributed by atoms with Crippen LogP contribution in [0.4, 0.5) is 10.8 Å². The Balaban J connectivity index is 2.28. The maximum absolute atomic E-state index is 9.05. The number of nitrogens with one attached hydrogen (secondary N) is 1. The van der Waals surface area contributed by atoms with Gasteiger partial charge in [0.05, 0.1) is 6.10 Å². The number of hydrogen-bond donors (Lipinski definition) is 3. The Labute approximate surface area is 88.3 Å². The smallest absolute Gasteiger partial charge is 0.142 e. The van der Waals surface area contributed by atoms with E-state index in [-0.39, 0.29) is 6.10 Å². The Hall–Kier alpha value is -0.810. The Morgan fingerprint density at radius 2 is 2.36 bits per heavy atom. The summed E-state index contributed by atoms with van der Waals surface area (Å²) in [6.45, 7) is 4.61. The van der Waals surface area contributed by atoms with E-state index in [0.29, 0.717) is 5.82 Å². The van der Waals surface area contributed by atoms with Crippen molar-refractivity contribution >= 4 is 22.4 Å². The van der Waals surface area contributed by atoms with E-state index in [0.717, 1.165) is 30.0 Å². The minimum absolute atomic E-state index is 0.218. The van der Waals surface area contributed by atoms with Gasteiger partial charge in [0.2, 0.25) is 0 Å². The molecule has 1 heterocycles. The van der Waals surface area contributed by atoms with Crippen LogP contribution < -0.4 is 11.1 Å². The number of nitrogen functional groups attached to an aromatic ring is 1. The predicted octanol–water partition coefficient (Wildman–Crippen LogP) is 1.61. The summed E-state index contributed by atoms with van der Waals surface area (Å²) in [4.78, 5) is 0. The molecule has 0 fully saturated rings. The van der Waals surface area contributed by atoms with Gasteiger partial charge in [-0.2, -0.15) is 4.37 Å². The predicted molar refractivity (Wildman–Crippen MR) is 60.7 cm³/mol. The van der Waals surface area contributed by atoms with E-state index in [2.05, 4.69) is 9.69 Å². The molecule has 4 nitrogen and oxygen atoms in total. The van der Waals surface area contributed by atoms with E-state index < -0.39 is 0 Å². The van der Waals surface area contributed by atoms with Gasteiger partial charge >= 0.3 is 0 Å². The number of nitrogens with two attached hydrogens (primary N) is 1. The SMILES string of the molecule is Cc1c(N)nsc1NCCCC(C)O. The number of rotatable bonds is 5. The molecular weight excluding hydrogens is 198 g/mol. The Kier molecular flexibility index (Phi) is 4.16. The number of aliphatic hydroxyl groups excluding tert-OH is 1. The third kappa shape index (κ3) is 3.16. The van der Waals surface area contributed by atoms with Gasteiger partial charge in [0.15, 0.2) is 0 Å². The summed E-state index contributed by atoms with van der Waals surface area (Å²) in [6.07, 6.45) is 1.55. The van der Waals surface area contributed by atoms with Crippen LogP contribution in [0.5, 0.6) is 0 Å². The lowest BCUT2D eigenvalue weighted by Crippen LogP contribution is -2.06. The van der Waals surface area contributed by atoms with Crippen LogP contribution in [0.3, 0.4) is 0 Å². The van der Waals surface area contributed by atoms with Crippen molar-refractivity contribution in [3.05, 3.63) is 5.56 Å². The van der Waals surface area contributed by atoms with Gasteiger partial charge in [-0.3, -0.25) is 0 Å². The van der Waals surface area contributed by atoms with E-state index >= 15 is 0 Å². The van der Waals surface area contributed by atoms with Crippen molar-refractivity contribution in [2.45, 2.75) is 32.8 Å². The molecule has 1 atom stereocenters. The molecular formula is C9H17N3OS. The van der Waals surface area contributed by atoms with Gasteiger partial charge in [0, 0.05) is 12.1 Å². The molecule has 1 rings (SSSR count). The maximum atomic E-state index is 9.05.